The molecule has 0 aliphatic carbocycles. The first-order valence-electron chi connectivity index (χ1n) is 7.16. The van der Waals surface area contributed by atoms with Gasteiger partial charge in [-0.3, -0.25) is 9.59 Å². The maximum atomic E-state index is 11.9. The number of Topliss-reactive ketones (excluding diaryl/α,β-unsaturated/α-hetero) is 1. The van der Waals surface area contributed by atoms with E-state index in [1.54, 1.807) is 43.5 Å². The van der Waals surface area contributed by atoms with Crippen molar-refractivity contribution < 1.29 is 14.3 Å². The zero-order valence-corrected chi connectivity index (χ0v) is 13.1. The Balaban J connectivity index is 1.84. The lowest BCUT2D eigenvalue weighted by atomic mass is 10.1. The number of ether oxygens (including phenoxy) is 1. The predicted octanol–water partition coefficient (Wildman–Crippen LogP) is 2.99. The van der Waals surface area contributed by atoms with Crippen LogP contribution in [0.1, 0.15) is 32.7 Å². The van der Waals surface area contributed by atoms with E-state index in [1.807, 2.05) is 19.1 Å². The zero-order chi connectivity index (χ0) is 16.7. The molecule has 0 bridgehead atoms. The second kappa shape index (κ2) is 7.89. The van der Waals surface area contributed by atoms with Crippen molar-refractivity contribution in [2.45, 2.75) is 13.3 Å². The van der Waals surface area contributed by atoms with Crippen LogP contribution >= 0.6 is 0 Å². The van der Waals surface area contributed by atoms with Gasteiger partial charge in [-0.05, 0) is 31.2 Å². The summed E-state index contributed by atoms with van der Waals surface area (Å²) >= 11 is 0. The highest BCUT2D eigenvalue weighted by Gasteiger charge is 2.05. The molecule has 0 atom stereocenters. The first-order valence-corrected chi connectivity index (χ1v) is 7.16. The van der Waals surface area contributed by atoms with Gasteiger partial charge in [-0.1, -0.05) is 29.8 Å². The lowest BCUT2D eigenvalue weighted by Crippen LogP contribution is -2.17. The van der Waals surface area contributed by atoms with E-state index >= 15 is 0 Å². The number of hydrogen-bond acceptors (Lipinski definition) is 4. The largest absolute Gasteiger partial charge is 0.497 e. The minimum absolute atomic E-state index is 0.0487. The van der Waals surface area contributed by atoms with Gasteiger partial charge in [0.15, 0.2) is 5.78 Å². The Bertz CT molecular complexity index is 704. The third-order valence-corrected chi connectivity index (χ3v) is 3.26. The standard InChI is InChI=1S/C18H18N2O3/c1-13-3-5-14(6-4-13)17(21)11-12-19-20-18(22)15-7-9-16(23-2)10-8-15/h3-10,12H,11H2,1-2H3,(H,20,22). The van der Waals surface area contributed by atoms with Crippen LogP contribution in [0, 0.1) is 6.92 Å². The van der Waals surface area contributed by atoms with Crippen molar-refractivity contribution >= 4 is 17.9 Å². The number of methoxy groups -OCH3 is 1. The van der Waals surface area contributed by atoms with Crippen LogP contribution in [0.2, 0.25) is 0 Å². The zero-order valence-electron chi connectivity index (χ0n) is 13.1. The number of nitrogens with one attached hydrogen (secondary N) is 1. The minimum atomic E-state index is -0.341. The average molecular weight is 310 g/mol. The molecule has 5 heteroatoms. The van der Waals surface area contributed by atoms with Crippen LogP contribution < -0.4 is 10.2 Å². The van der Waals surface area contributed by atoms with E-state index in [9.17, 15) is 9.59 Å². The molecule has 0 aromatic heterocycles. The summed E-state index contributed by atoms with van der Waals surface area (Å²) in [5, 5.41) is 3.80. The van der Waals surface area contributed by atoms with Gasteiger partial charge in [0.2, 0.25) is 0 Å². The number of nitrogens with zero attached hydrogens (tertiary/aromatic N) is 1. The number of benzene rings is 2. The first kappa shape index (κ1) is 16.4. The third kappa shape index (κ3) is 4.78. The lowest BCUT2D eigenvalue weighted by Gasteiger charge is -2.02. The summed E-state index contributed by atoms with van der Waals surface area (Å²) in [6.07, 6.45) is 1.52. The lowest BCUT2D eigenvalue weighted by molar-refractivity contribution is 0.0951. The van der Waals surface area contributed by atoms with Gasteiger partial charge in [-0.2, -0.15) is 5.10 Å². The average Bonchev–Trinajstić information content (AvgIpc) is 2.59. The molecule has 0 saturated carbocycles. The highest BCUT2D eigenvalue weighted by atomic mass is 16.5. The fraction of sp³-hybridized carbons (Fsp3) is 0.167. The fourth-order valence-corrected chi connectivity index (χ4v) is 1.90. The number of rotatable bonds is 6. The molecule has 2 aromatic carbocycles. The number of aryl methyl sites for hydroxylation is 1. The van der Waals surface area contributed by atoms with Gasteiger partial charge in [0.05, 0.1) is 7.11 Å². The van der Waals surface area contributed by atoms with Crippen LogP contribution in [0.15, 0.2) is 53.6 Å². The Morgan fingerprint density at radius 2 is 1.65 bits per heavy atom. The number of amides is 1. The molecule has 0 radical (unpaired) electrons. The van der Waals surface area contributed by atoms with Crippen molar-refractivity contribution in [3.8, 4) is 5.75 Å². The third-order valence-electron chi connectivity index (χ3n) is 3.26. The van der Waals surface area contributed by atoms with E-state index in [0.29, 0.717) is 16.9 Å². The van der Waals surface area contributed by atoms with Gasteiger partial charge in [-0.25, -0.2) is 5.43 Å². The van der Waals surface area contributed by atoms with Gasteiger partial charge < -0.3 is 4.74 Å². The summed E-state index contributed by atoms with van der Waals surface area (Å²) in [5.41, 5.74) is 4.58. The quantitative estimate of drug-likeness (QED) is 0.506. The topological polar surface area (TPSA) is 67.8 Å². The monoisotopic (exact) mass is 310 g/mol. The highest BCUT2D eigenvalue weighted by Crippen LogP contribution is 2.11. The molecule has 1 N–H and O–H groups in total. The molecule has 1 amide bonds. The van der Waals surface area contributed by atoms with Crippen LogP contribution in [0.5, 0.6) is 5.75 Å². The Hall–Kier alpha value is -2.95. The predicted molar refractivity (Wildman–Crippen MR) is 89.1 cm³/mol. The molecule has 0 saturated heterocycles. The van der Waals surface area contributed by atoms with E-state index in [4.69, 9.17) is 4.74 Å². The minimum Gasteiger partial charge on any atom is -0.497 e. The summed E-state index contributed by atoms with van der Waals surface area (Å²) in [7, 11) is 1.56. The number of hydrogen-bond donors (Lipinski definition) is 1. The van der Waals surface area contributed by atoms with Crippen LogP contribution in [0.3, 0.4) is 0 Å². The van der Waals surface area contributed by atoms with E-state index < -0.39 is 0 Å². The van der Waals surface area contributed by atoms with Gasteiger partial charge in [0.1, 0.15) is 5.75 Å². The SMILES string of the molecule is COc1ccc(C(=O)NN=CCC(=O)c2ccc(C)cc2)cc1. The second-order valence-electron chi connectivity index (χ2n) is 4.97. The maximum Gasteiger partial charge on any atom is 0.271 e. The molecule has 2 rings (SSSR count). The summed E-state index contributed by atoms with van der Waals surface area (Å²) in [6, 6.07) is 14.0. The Morgan fingerprint density at radius 1 is 1.04 bits per heavy atom. The van der Waals surface area contributed by atoms with Crippen LogP contribution in [-0.2, 0) is 0 Å². The van der Waals surface area contributed by atoms with Gasteiger partial charge >= 0.3 is 0 Å². The smallest absolute Gasteiger partial charge is 0.271 e. The van der Waals surface area contributed by atoms with Crippen molar-refractivity contribution in [3.05, 3.63) is 65.2 Å². The van der Waals surface area contributed by atoms with Gasteiger partial charge in [0, 0.05) is 23.8 Å². The molecule has 0 spiro atoms. The first-order chi connectivity index (χ1) is 11.1. The molecule has 5 nitrogen and oxygen atoms in total. The van der Waals surface area contributed by atoms with Gasteiger partial charge in [-0.15, -0.1) is 0 Å². The maximum absolute atomic E-state index is 11.9. The summed E-state index contributed by atoms with van der Waals surface area (Å²) in [6.45, 7) is 1.96. The number of hydrazone groups is 1. The normalized spacial score (nSPS) is 10.5. The van der Waals surface area contributed by atoms with E-state index in [-0.39, 0.29) is 18.1 Å². The summed E-state index contributed by atoms with van der Waals surface area (Å²) < 4.78 is 5.02. The van der Waals surface area contributed by atoms with Crippen LogP contribution in [0.4, 0.5) is 0 Å². The number of carbonyl (C=O) groups is 2. The van der Waals surface area contributed by atoms with Crippen molar-refractivity contribution in [2.24, 2.45) is 5.10 Å². The molecule has 118 valence electrons. The fourth-order valence-electron chi connectivity index (χ4n) is 1.90. The van der Waals surface area contributed by atoms with Crippen molar-refractivity contribution in [1.29, 1.82) is 0 Å². The molecular formula is C18H18N2O3. The summed E-state index contributed by atoms with van der Waals surface area (Å²) in [4.78, 5) is 23.8. The molecule has 0 aliphatic rings. The Kier molecular flexibility index (Phi) is 5.63. The molecule has 0 aliphatic heterocycles. The number of ketones is 1. The molecule has 0 heterocycles. The molecule has 0 fully saturated rings. The summed E-state index contributed by atoms with van der Waals surface area (Å²) in [5.74, 6) is 0.285. The molecular weight excluding hydrogens is 292 g/mol. The van der Waals surface area contributed by atoms with Crippen molar-refractivity contribution in [1.82, 2.24) is 5.43 Å². The second-order valence-corrected chi connectivity index (χ2v) is 4.97. The van der Waals surface area contributed by atoms with E-state index in [0.717, 1.165) is 5.56 Å². The van der Waals surface area contributed by atoms with Crippen LogP contribution in [0.25, 0.3) is 0 Å². The van der Waals surface area contributed by atoms with E-state index in [2.05, 4.69) is 10.5 Å². The van der Waals surface area contributed by atoms with Gasteiger partial charge in [0.25, 0.3) is 5.91 Å². The van der Waals surface area contributed by atoms with Crippen molar-refractivity contribution in [2.75, 3.05) is 7.11 Å². The Morgan fingerprint density at radius 3 is 2.26 bits per heavy atom. The molecule has 0 unspecified atom stereocenters. The molecule has 2 aromatic rings. The molecule has 23 heavy (non-hydrogen) atoms. The Labute approximate surface area is 135 Å². The number of carbonyl (C=O) groups excluding carboxylic acids is 2. The van der Waals surface area contributed by atoms with Crippen LogP contribution in [-0.4, -0.2) is 25.0 Å². The highest BCUT2D eigenvalue weighted by molar-refractivity contribution is 6.03. The van der Waals surface area contributed by atoms with Crippen molar-refractivity contribution in [3.63, 3.8) is 0 Å². The van der Waals surface area contributed by atoms with E-state index in [1.165, 1.54) is 6.21 Å².